The van der Waals surface area contributed by atoms with Gasteiger partial charge in [-0.2, -0.15) is 0 Å². The van der Waals surface area contributed by atoms with E-state index < -0.39 is 5.54 Å². The van der Waals surface area contributed by atoms with E-state index in [0.29, 0.717) is 13.2 Å². The third-order valence-electron chi connectivity index (χ3n) is 2.87. The summed E-state index contributed by atoms with van der Waals surface area (Å²) in [5.74, 6) is 0.470. The lowest BCUT2D eigenvalue weighted by atomic mass is 10.0. The van der Waals surface area contributed by atoms with Crippen LogP contribution in [0.5, 0.6) is 5.75 Å². The van der Waals surface area contributed by atoms with E-state index in [1.165, 1.54) is 7.11 Å². The zero-order chi connectivity index (χ0) is 15.7. The van der Waals surface area contributed by atoms with Crippen molar-refractivity contribution in [2.75, 3.05) is 26.9 Å². The monoisotopic (exact) mass is 295 g/mol. The molecule has 0 aliphatic rings. The number of carbonyl (C=O) groups excluding carboxylic acids is 1. The zero-order valence-electron chi connectivity index (χ0n) is 13.2. The number of carbonyl (C=O) groups is 1. The van der Waals surface area contributed by atoms with Gasteiger partial charge in [-0.3, -0.25) is 5.32 Å². The third-order valence-corrected chi connectivity index (χ3v) is 2.87. The number of rotatable bonds is 9. The van der Waals surface area contributed by atoms with Crippen LogP contribution in [0.15, 0.2) is 30.3 Å². The molecule has 5 nitrogen and oxygen atoms in total. The lowest BCUT2D eigenvalue weighted by Crippen LogP contribution is -2.56. The molecule has 0 saturated carbocycles. The average molecular weight is 295 g/mol. The van der Waals surface area contributed by atoms with E-state index in [1.54, 1.807) is 6.92 Å². The van der Waals surface area contributed by atoms with Crippen LogP contribution in [0.25, 0.3) is 0 Å². The number of nitrogens with one attached hydrogen (secondary N) is 1. The minimum atomic E-state index is -0.852. The molecule has 1 N–H and O–H groups in total. The molecule has 0 bridgehead atoms. The Labute approximate surface area is 126 Å². The number of hydrogen-bond donors (Lipinski definition) is 1. The largest absolute Gasteiger partial charge is 0.491 e. The molecule has 0 radical (unpaired) electrons. The molecule has 1 unspecified atom stereocenters. The fraction of sp³-hybridized carbons (Fsp3) is 0.562. The number of hydrogen-bond acceptors (Lipinski definition) is 5. The molecule has 0 spiro atoms. The lowest BCUT2D eigenvalue weighted by Gasteiger charge is -2.29. The average Bonchev–Trinajstić information content (AvgIpc) is 2.46. The molecule has 0 saturated heterocycles. The smallest absolute Gasteiger partial charge is 0.328 e. The number of benzene rings is 1. The first-order valence-corrected chi connectivity index (χ1v) is 7.09. The topological polar surface area (TPSA) is 56.8 Å². The molecule has 0 aromatic heterocycles. The Balaban J connectivity index is 2.35. The number of esters is 1. The number of ether oxygens (including phenoxy) is 3. The summed E-state index contributed by atoms with van der Waals surface area (Å²) in [6, 6.07) is 9.69. The second kappa shape index (κ2) is 8.64. The standard InChI is InChI=1S/C16H25NO4/c1-13(2)17-16(3,15(18)19-4)12-20-10-11-21-14-8-6-5-7-9-14/h5-9,13,17H,10-12H2,1-4H3. The molecular formula is C16H25NO4. The van der Waals surface area contributed by atoms with E-state index in [1.807, 2.05) is 44.2 Å². The Bertz CT molecular complexity index is 422. The summed E-state index contributed by atoms with van der Waals surface area (Å²) in [5.41, 5.74) is -0.852. The molecular weight excluding hydrogens is 270 g/mol. The van der Waals surface area contributed by atoms with Crippen molar-refractivity contribution in [2.45, 2.75) is 32.4 Å². The zero-order valence-corrected chi connectivity index (χ0v) is 13.2. The van der Waals surface area contributed by atoms with E-state index in [4.69, 9.17) is 14.2 Å². The molecule has 0 amide bonds. The van der Waals surface area contributed by atoms with Gasteiger partial charge in [0, 0.05) is 6.04 Å². The first kappa shape index (κ1) is 17.5. The van der Waals surface area contributed by atoms with Gasteiger partial charge in [-0.15, -0.1) is 0 Å². The lowest BCUT2D eigenvalue weighted by molar-refractivity contribution is -0.151. The van der Waals surface area contributed by atoms with Gasteiger partial charge in [0.05, 0.1) is 20.3 Å². The van der Waals surface area contributed by atoms with Crippen molar-refractivity contribution < 1.29 is 19.0 Å². The molecule has 5 heteroatoms. The molecule has 1 aromatic carbocycles. The van der Waals surface area contributed by atoms with Crippen molar-refractivity contribution in [3.05, 3.63) is 30.3 Å². The Kier molecular flexibility index (Phi) is 7.19. The fourth-order valence-corrected chi connectivity index (χ4v) is 2.03. The van der Waals surface area contributed by atoms with E-state index in [2.05, 4.69) is 5.32 Å². The van der Waals surface area contributed by atoms with E-state index >= 15 is 0 Å². The maximum atomic E-state index is 11.9. The van der Waals surface area contributed by atoms with Crippen molar-refractivity contribution in [3.8, 4) is 5.75 Å². The van der Waals surface area contributed by atoms with Gasteiger partial charge in [-0.1, -0.05) is 18.2 Å². The van der Waals surface area contributed by atoms with Gasteiger partial charge in [0.2, 0.25) is 0 Å². The molecule has 1 atom stereocenters. The first-order chi connectivity index (χ1) is 9.98. The van der Waals surface area contributed by atoms with Crippen LogP contribution in [0.1, 0.15) is 20.8 Å². The van der Waals surface area contributed by atoms with Crippen molar-refractivity contribution in [1.29, 1.82) is 0 Å². The Hall–Kier alpha value is -1.59. The minimum Gasteiger partial charge on any atom is -0.491 e. The first-order valence-electron chi connectivity index (χ1n) is 7.09. The van der Waals surface area contributed by atoms with Crippen LogP contribution >= 0.6 is 0 Å². The molecule has 21 heavy (non-hydrogen) atoms. The highest BCUT2D eigenvalue weighted by atomic mass is 16.5. The predicted molar refractivity (Wildman–Crippen MR) is 81.4 cm³/mol. The van der Waals surface area contributed by atoms with E-state index in [9.17, 15) is 4.79 Å². The summed E-state index contributed by atoms with van der Waals surface area (Å²) in [6.45, 7) is 6.79. The quantitative estimate of drug-likeness (QED) is 0.558. The van der Waals surface area contributed by atoms with Gasteiger partial charge in [0.15, 0.2) is 0 Å². The maximum Gasteiger partial charge on any atom is 0.328 e. The van der Waals surface area contributed by atoms with Crippen molar-refractivity contribution in [3.63, 3.8) is 0 Å². The summed E-state index contributed by atoms with van der Waals surface area (Å²) >= 11 is 0. The van der Waals surface area contributed by atoms with Crippen LogP contribution in [0.2, 0.25) is 0 Å². The minimum absolute atomic E-state index is 0.151. The van der Waals surface area contributed by atoms with E-state index in [0.717, 1.165) is 5.75 Å². The molecule has 0 fully saturated rings. The highest BCUT2D eigenvalue weighted by Gasteiger charge is 2.35. The van der Waals surface area contributed by atoms with E-state index in [-0.39, 0.29) is 18.6 Å². The Morgan fingerprint density at radius 3 is 2.48 bits per heavy atom. The van der Waals surface area contributed by atoms with Gasteiger partial charge in [0.25, 0.3) is 0 Å². The third kappa shape index (κ3) is 6.14. The summed E-state index contributed by atoms with van der Waals surface area (Å²) in [7, 11) is 1.38. The molecule has 0 aliphatic heterocycles. The summed E-state index contributed by atoms with van der Waals surface area (Å²) in [6.07, 6.45) is 0. The summed E-state index contributed by atoms with van der Waals surface area (Å²) in [4.78, 5) is 11.9. The molecule has 118 valence electrons. The molecule has 0 heterocycles. The highest BCUT2D eigenvalue weighted by Crippen LogP contribution is 2.10. The molecule has 1 aromatic rings. The molecule has 1 rings (SSSR count). The van der Waals surface area contributed by atoms with Crippen LogP contribution in [0, 0.1) is 0 Å². The summed E-state index contributed by atoms with van der Waals surface area (Å²) < 4.78 is 15.9. The van der Waals surface area contributed by atoms with Gasteiger partial charge < -0.3 is 14.2 Å². The highest BCUT2D eigenvalue weighted by molar-refractivity contribution is 5.80. The number of methoxy groups -OCH3 is 1. The van der Waals surface area contributed by atoms with Gasteiger partial charge >= 0.3 is 5.97 Å². The second-order valence-corrected chi connectivity index (χ2v) is 5.34. The molecule has 0 aliphatic carbocycles. The fourth-order valence-electron chi connectivity index (χ4n) is 2.03. The SMILES string of the molecule is COC(=O)C(C)(COCCOc1ccccc1)NC(C)C. The second-order valence-electron chi connectivity index (χ2n) is 5.34. The van der Waals surface area contributed by atoms with Gasteiger partial charge in [-0.25, -0.2) is 4.79 Å². The van der Waals surface area contributed by atoms with Crippen LogP contribution < -0.4 is 10.1 Å². The normalized spacial score (nSPS) is 13.8. The Morgan fingerprint density at radius 1 is 1.24 bits per heavy atom. The van der Waals surface area contributed by atoms with Crippen LogP contribution in [-0.4, -0.2) is 44.5 Å². The summed E-state index contributed by atoms with van der Waals surface area (Å²) in [5, 5.41) is 3.18. The Morgan fingerprint density at radius 2 is 1.90 bits per heavy atom. The van der Waals surface area contributed by atoms with Gasteiger partial charge in [-0.05, 0) is 32.9 Å². The van der Waals surface area contributed by atoms with Crippen LogP contribution in [0.3, 0.4) is 0 Å². The van der Waals surface area contributed by atoms with Crippen molar-refractivity contribution >= 4 is 5.97 Å². The van der Waals surface area contributed by atoms with Gasteiger partial charge in [0.1, 0.15) is 17.9 Å². The van der Waals surface area contributed by atoms with Crippen LogP contribution in [0.4, 0.5) is 0 Å². The number of para-hydroxylation sites is 1. The van der Waals surface area contributed by atoms with Crippen molar-refractivity contribution in [2.24, 2.45) is 0 Å². The van der Waals surface area contributed by atoms with Crippen LogP contribution in [-0.2, 0) is 14.3 Å². The maximum absolute atomic E-state index is 11.9. The van der Waals surface area contributed by atoms with Crippen molar-refractivity contribution in [1.82, 2.24) is 5.32 Å². The predicted octanol–water partition coefficient (Wildman–Crippen LogP) is 2.01.